The molecule has 0 atom stereocenters. The molecule has 192 valence electrons. The number of carbonyl (C=O) groups is 1. The Morgan fingerprint density at radius 1 is 1.32 bits per heavy atom. The van der Waals surface area contributed by atoms with Crippen LogP contribution < -0.4 is 15.4 Å². The van der Waals surface area contributed by atoms with E-state index in [1.807, 2.05) is 4.90 Å². The number of nitrogens with zero attached hydrogens (tertiary/aromatic N) is 3. The number of hydrogen-bond donors (Lipinski definition) is 4. The lowest BCUT2D eigenvalue weighted by molar-refractivity contribution is -0.188. The van der Waals surface area contributed by atoms with Crippen molar-refractivity contribution >= 4 is 45.5 Å². The van der Waals surface area contributed by atoms with Crippen LogP contribution >= 0.6 is 11.6 Å². The number of amides is 1. The molecule has 0 radical (unpaired) electrons. The number of benzene rings is 2. The van der Waals surface area contributed by atoms with E-state index in [0.717, 1.165) is 0 Å². The molecule has 1 aliphatic heterocycles. The van der Waals surface area contributed by atoms with E-state index in [1.54, 1.807) is 18.2 Å². The van der Waals surface area contributed by atoms with E-state index in [1.165, 1.54) is 37.6 Å². The Morgan fingerprint density at radius 2 is 2.08 bits per heavy atom. The topological polar surface area (TPSA) is 131 Å². The number of anilines is 3. The number of aliphatic hydroxyl groups is 2. The highest BCUT2D eigenvalue weighted by atomic mass is 35.5. The number of ether oxygens (including phenoxy) is 1. The molecular formula is C26H25ClFN5O4. The maximum atomic E-state index is 13.6. The summed E-state index contributed by atoms with van der Waals surface area (Å²) < 4.78 is 19.1. The average molecular weight is 526 g/mol. The molecule has 1 aromatic heterocycles. The molecule has 37 heavy (non-hydrogen) atoms. The van der Waals surface area contributed by atoms with Crippen molar-refractivity contribution in [3.8, 4) is 11.8 Å². The third-order valence-corrected chi connectivity index (χ3v) is 6.34. The van der Waals surface area contributed by atoms with Gasteiger partial charge in [0, 0.05) is 61.9 Å². The van der Waals surface area contributed by atoms with Gasteiger partial charge in [0.2, 0.25) is 5.91 Å². The maximum absolute atomic E-state index is 13.6. The van der Waals surface area contributed by atoms with Gasteiger partial charge in [-0.1, -0.05) is 17.7 Å². The minimum Gasteiger partial charge on any atom is -0.494 e. The largest absolute Gasteiger partial charge is 0.494 e. The molecule has 0 bridgehead atoms. The third kappa shape index (κ3) is 6.34. The predicted octanol–water partition coefficient (Wildman–Crippen LogP) is 3.92. The molecule has 9 nitrogen and oxygen atoms in total. The van der Waals surface area contributed by atoms with Gasteiger partial charge >= 0.3 is 0 Å². The number of hydrogen-bond acceptors (Lipinski definition) is 8. The molecule has 4 N–H and O–H groups in total. The molecule has 0 saturated carbocycles. The first kappa shape index (κ1) is 26.3. The van der Waals surface area contributed by atoms with Crippen molar-refractivity contribution in [1.82, 2.24) is 9.88 Å². The van der Waals surface area contributed by atoms with Crippen molar-refractivity contribution in [3.63, 3.8) is 0 Å². The summed E-state index contributed by atoms with van der Waals surface area (Å²) >= 11 is 5.91. The molecule has 2 aromatic carbocycles. The Hall–Kier alpha value is -3.75. The van der Waals surface area contributed by atoms with Crippen molar-refractivity contribution in [1.29, 1.82) is 5.26 Å². The highest BCUT2D eigenvalue weighted by Crippen LogP contribution is 2.36. The number of fused-ring (bicyclic) bond motifs is 1. The lowest BCUT2D eigenvalue weighted by atomic mass is 10.0. The number of methoxy groups -OCH3 is 1. The van der Waals surface area contributed by atoms with Crippen LogP contribution in [-0.4, -0.2) is 58.5 Å². The summed E-state index contributed by atoms with van der Waals surface area (Å²) in [5.74, 6) is -2.20. The van der Waals surface area contributed by atoms with Crippen molar-refractivity contribution in [2.24, 2.45) is 0 Å². The smallest absolute Gasteiger partial charge is 0.248 e. The van der Waals surface area contributed by atoms with Crippen LogP contribution in [0.15, 0.2) is 48.7 Å². The SMILES string of the molecule is COc1cc2ncc(C#N)c(Nc3ccc(F)c(Cl)c3)c2cc1NC(=O)/C=C/CN1CCC(O)(O)CC1. The molecule has 0 spiro atoms. The van der Waals surface area contributed by atoms with Crippen LogP contribution in [0.4, 0.5) is 21.5 Å². The Labute approximate surface area is 217 Å². The van der Waals surface area contributed by atoms with Gasteiger partial charge in [-0.3, -0.25) is 14.7 Å². The van der Waals surface area contributed by atoms with Gasteiger partial charge in [0.05, 0.1) is 34.6 Å². The van der Waals surface area contributed by atoms with Crippen LogP contribution in [0.3, 0.4) is 0 Å². The summed E-state index contributed by atoms with van der Waals surface area (Å²) in [5, 5.41) is 35.3. The standard InChI is InChI=1S/C26H25ClFN5O4/c1-37-23-13-21-18(25(16(14-29)15-30-21)31-17-4-5-20(28)19(27)11-17)12-22(23)32-24(34)3-2-8-33-9-6-26(35,36)7-10-33/h2-5,11-13,15,35-36H,6-10H2,1H3,(H,30,31)(H,32,34)/b3-2+. The molecule has 3 aromatic rings. The Bertz CT molecular complexity index is 1400. The van der Waals surface area contributed by atoms with Gasteiger partial charge in [-0.2, -0.15) is 5.26 Å². The number of halogens is 2. The highest BCUT2D eigenvalue weighted by Gasteiger charge is 2.28. The van der Waals surface area contributed by atoms with Gasteiger partial charge in [-0.15, -0.1) is 0 Å². The lowest BCUT2D eigenvalue weighted by Gasteiger charge is -2.33. The van der Waals surface area contributed by atoms with Gasteiger partial charge in [0.25, 0.3) is 0 Å². The summed E-state index contributed by atoms with van der Waals surface area (Å²) in [5.41, 5.74) is 2.00. The van der Waals surface area contributed by atoms with Crippen molar-refractivity contribution in [2.45, 2.75) is 18.6 Å². The van der Waals surface area contributed by atoms with E-state index >= 15 is 0 Å². The highest BCUT2D eigenvalue weighted by molar-refractivity contribution is 6.31. The number of carbonyl (C=O) groups excluding carboxylic acids is 1. The zero-order chi connectivity index (χ0) is 26.6. The van der Waals surface area contributed by atoms with Gasteiger partial charge in [0.1, 0.15) is 17.6 Å². The van der Waals surface area contributed by atoms with Crippen LogP contribution in [0.1, 0.15) is 18.4 Å². The second kappa shape index (κ2) is 11.1. The molecular weight excluding hydrogens is 501 g/mol. The number of likely N-dealkylation sites (tertiary alicyclic amines) is 1. The average Bonchev–Trinajstić information content (AvgIpc) is 2.87. The van der Waals surface area contributed by atoms with Crippen molar-refractivity contribution in [2.75, 3.05) is 37.4 Å². The maximum Gasteiger partial charge on any atom is 0.248 e. The third-order valence-electron chi connectivity index (χ3n) is 6.05. The van der Waals surface area contributed by atoms with Gasteiger partial charge in [-0.05, 0) is 24.3 Å². The predicted molar refractivity (Wildman–Crippen MR) is 138 cm³/mol. The van der Waals surface area contributed by atoms with Crippen LogP contribution in [0.25, 0.3) is 10.9 Å². The Balaban J connectivity index is 1.58. The van der Waals surface area contributed by atoms with E-state index in [-0.39, 0.29) is 23.4 Å². The minimum absolute atomic E-state index is 0.0696. The second-order valence-corrected chi connectivity index (χ2v) is 9.06. The quantitative estimate of drug-likeness (QED) is 0.270. The van der Waals surface area contributed by atoms with Crippen LogP contribution in [0, 0.1) is 17.1 Å². The summed E-state index contributed by atoms with van der Waals surface area (Å²) in [6, 6.07) is 9.50. The van der Waals surface area contributed by atoms with Gasteiger partial charge < -0.3 is 25.6 Å². The van der Waals surface area contributed by atoms with Crippen LogP contribution in [0.5, 0.6) is 5.75 Å². The fourth-order valence-corrected chi connectivity index (χ4v) is 4.18. The van der Waals surface area contributed by atoms with Crippen LogP contribution in [0.2, 0.25) is 5.02 Å². The molecule has 1 amide bonds. The summed E-state index contributed by atoms with van der Waals surface area (Å²) in [4.78, 5) is 19.0. The van der Waals surface area contributed by atoms with Crippen molar-refractivity contribution < 1.29 is 24.1 Å². The molecule has 1 fully saturated rings. The molecule has 0 unspecified atom stereocenters. The molecule has 4 rings (SSSR count). The minimum atomic E-state index is -1.62. The number of nitriles is 1. The number of aromatic nitrogens is 1. The Kier molecular flexibility index (Phi) is 7.90. The Morgan fingerprint density at radius 3 is 2.76 bits per heavy atom. The molecule has 0 aliphatic carbocycles. The fourth-order valence-electron chi connectivity index (χ4n) is 4.00. The lowest BCUT2D eigenvalue weighted by Crippen LogP contribution is -2.44. The van der Waals surface area contributed by atoms with Crippen molar-refractivity contribution in [3.05, 3.63) is 65.1 Å². The molecule has 1 saturated heterocycles. The van der Waals surface area contributed by atoms with E-state index in [2.05, 4.69) is 21.7 Å². The van der Waals surface area contributed by atoms with E-state index in [0.29, 0.717) is 53.3 Å². The van der Waals surface area contributed by atoms with Gasteiger partial charge in [0.15, 0.2) is 5.79 Å². The molecule has 1 aliphatic rings. The fraction of sp³-hybridized carbons (Fsp3) is 0.269. The van der Waals surface area contributed by atoms with E-state index in [9.17, 15) is 24.7 Å². The first-order valence-corrected chi connectivity index (χ1v) is 11.8. The number of nitrogens with one attached hydrogen (secondary N) is 2. The zero-order valence-electron chi connectivity index (χ0n) is 20.0. The number of rotatable bonds is 7. The summed E-state index contributed by atoms with van der Waals surface area (Å²) in [6.45, 7) is 1.52. The first-order chi connectivity index (χ1) is 17.7. The molecule has 11 heteroatoms. The zero-order valence-corrected chi connectivity index (χ0v) is 20.7. The molecule has 2 heterocycles. The second-order valence-electron chi connectivity index (χ2n) is 8.66. The summed E-state index contributed by atoms with van der Waals surface area (Å²) in [7, 11) is 1.47. The normalized spacial score (nSPS) is 15.5. The van der Waals surface area contributed by atoms with E-state index < -0.39 is 17.5 Å². The van der Waals surface area contributed by atoms with Gasteiger partial charge in [-0.25, -0.2) is 4.39 Å². The van der Waals surface area contributed by atoms with E-state index in [4.69, 9.17) is 16.3 Å². The number of pyridine rings is 1. The van der Waals surface area contributed by atoms with Crippen LogP contribution in [-0.2, 0) is 4.79 Å². The first-order valence-electron chi connectivity index (χ1n) is 11.5. The number of piperidine rings is 1. The summed E-state index contributed by atoms with van der Waals surface area (Å²) in [6.07, 6.45) is 5.01. The monoisotopic (exact) mass is 525 g/mol.